The molecule has 0 spiro atoms. The Morgan fingerprint density at radius 1 is 0.661 bits per heavy atom. The fourth-order valence-electron chi connectivity index (χ4n) is 6.74. The van der Waals surface area contributed by atoms with Gasteiger partial charge >= 0.3 is 6.09 Å². The maximum Gasteiger partial charge on any atom is 0.412 e. The molecule has 0 aliphatic rings. The van der Waals surface area contributed by atoms with Gasteiger partial charge in [0, 0.05) is 52.7 Å². The van der Waals surface area contributed by atoms with E-state index in [-0.39, 0.29) is 17.9 Å². The van der Waals surface area contributed by atoms with Crippen molar-refractivity contribution < 1.29 is 38.1 Å². The number of nitrogens with one attached hydrogen (secondary N) is 3. The van der Waals surface area contributed by atoms with Crippen molar-refractivity contribution >= 4 is 35.4 Å². The second-order valence-corrected chi connectivity index (χ2v) is 16.8. The van der Waals surface area contributed by atoms with E-state index < -0.39 is 52.3 Å². The molecule has 1 atom stereocenters. The number of methoxy groups -OCH3 is 4. The van der Waals surface area contributed by atoms with Crippen LogP contribution in [0.15, 0.2) is 127 Å². The molecule has 0 bridgehead atoms. The van der Waals surface area contributed by atoms with Crippen LogP contribution in [0.25, 0.3) is 0 Å². The van der Waals surface area contributed by atoms with Gasteiger partial charge in [-0.1, -0.05) is 123 Å². The molecule has 3 amide bonds. The van der Waals surface area contributed by atoms with Crippen molar-refractivity contribution in [1.29, 1.82) is 0 Å². The fraction of sp³-hybridized carbons (Fsp3) is 0.383. The van der Waals surface area contributed by atoms with E-state index >= 15 is 0 Å². The van der Waals surface area contributed by atoms with Crippen molar-refractivity contribution in [2.24, 2.45) is 5.41 Å². The molecule has 0 aromatic heterocycles. The summed E-state index contributed by atoms with van der Waals surface area (Å²) in [6, 6.07) is 36.7. The van der Waals surface area contributed by atoms with Crippen LogP contribution in [0.4, 0.5) is 10.5 Å². The molecular weight excluding hydrogens is 767 g/mol. The zero-order valence-electron chi connectivity index (χ0n) is 35.6. The number of thioether (sulfide) groups is 1. The first kappa shape index (κ1) is 46.7. The van der Waals surface area contributed by atoms with Crippen LogP contribution in [0.1, 0.15) is 63.3 Å². The summed E-state index contributed by atoms with van der Waals surface area (Å²) in [5.41, 5.74) is 2.54. The van der Waals surface area contributed by atoms with E-state index in [1.54, 1.807) is 58.9 Å². The van der Waals surface area contributed by atoms with Crippen LogP contribution >= 0.6 is 11.8 Å². The van der Waals surface area contributed by atoms with Crippen molar-refractivity contribution in [3.05, 3.63) is 149 Å². The predicted molar refractivity (Wildman–Crippen MR) is 234 cm³/mol. The molecule has 0 saturated carbocycles. The lowest BCUT2D eigenvalue weighted by Crippen LogP contribution is -2.55. The Hall–Kier alpha value is -4.98. The number of ether oxygens (including phenoxy) is 5. The molecule has 0 radical (unpaired) electrons. The monoisotopic (exact) mass is 825 g/mol. The standard InChI is InChI=1S/C47H59N3O8S/c1-45(2,3)58-44(53)49-38(29-30-59-47(34-22-13-10-14-23-34,35-24-15-11-16-25-35)36-26-17-12-18-27-36)42(51)50-41(46(4,5)32-40(56-8)57-9)43(52)48-37-28-20-19-21-33(37)31-39(54-6)55-7/h10-29,39-41H,30-32H2,1-9H3,(H,48,52)(H,49,53)(H,50,51)/t41-/m1/s1. The molecule has 316 valence electrons. The summed E-state index contributed by atoms with van der Waals surface area (Å²) >= 11 is 1.59. The Morgan fingerprint density at radius 2 is 1.14 bits per heavy atom. The summed E-state index contributed by atoms with van der Waals surface area (Å²) in [5.74, 6) is -0.913. The number of amides is 3. The van der Waals surface area contributed by atoms with Gasteiger partial charge in [0.2, 0.25) is 5.91 Å². The number of benzene rings is 4. The fourth-order valence-corrected chi connectivity index (χ4v) is 8.14. The van der Waals surface area contributed by atoms with E-state index in [1.807, 2.05) is 86.6 Å². The number of rotatable bonds is 20. The maximum atomic E-state index is 14.6. The summed E-state index contributed by atoms with van der Waals surface area (Å²) in [7, 11) is 6.12. The highest BCUT2D eigenvalue weighted by atomic mass is 32.2. The van der Waals surface area contributed by atoms with Gasteiger partial charge in [0.25, 0.3) is 5.91 Å². The van der Waals surface area contributed by atoms with Crippen molar-refractivity contribution in [3.8, 4) is 0 Å². The lowest BCUT2D eigenvalue weighted by molar-refractivity contribution is -0.137. The van der Waals surface area contributed by atoms with E-state index in [2.05, 4.69) is 52.3 Å². The number of carbonyl (C=O) groups excluding carboxylic acids is 3. The van der Waals surface area contributed by atoms with Crippen LogP contribution < -0.4 is 16.0 Å². The molecule has 11 nitrogen and oxygen atoms in total. The van der Waals surface area contributed by atoms with Gasteiger partial charge in [-0.15, -0.1) is 11.8 Å². The van der Waals surface area contributed by atoms with Gasteiger partial charge in [-0.3, -0.25) is 14.9 Å². The average molecular weight is 826 g/mol. The van der Waals surface area contributed by atoms with Gasteiger partial charge in [-0.2, -0.15) is 0 Å². The first-order chi connectivity index (χ1) is 28.2. The molecule has 12 heteroatoms. The molecule has 0 aliphatic carbocycles. The van der Waals surface area contributed by atoms with Crippen LogP contribution in [0.2, 0.25) is 0 Å². The molecule has 4 rings (SSSR count). The third-order valence-corrected chi connectivity index (χ3v) is 11.2. The van der Waals surface area contributed by atoms with E-state index in [1.165, 1.54) is 14.2 Å². The quantitative estimate of drug-likeness (QED) is 0.0456. The highest BCUT2D eigenvalue weighted by Crippen LogP contribution is 2.48. The highest BCUT2D eigenvalue weighted by molar-refractivity contribution is 8.00. The van der Waals surface area contributed by atoms with E-state index in [0.717, 1.165) is 22.3 Å². The first-order valence-electron chi connectivity index (χ1n) is 19.5. The number of anilines is 1. The number of alkyl carbamates (subject to hydrolysis) is 1. The molecule has 0 fully saturated rings. The minimum atomic E-state index is -1.15. The molecule has 59 heavy (non-hydrogen) atoms. The largest absolute Gasteiger partial charge is 0.444 e. The van der Waals surface area contributed by atoms with Crippen LogP contribution in [-0.4, -0.2) is 76.3 Å². The van der Waals surface area contributed by atoms with Crippen molar-refractivity contribution in [2.75, 3.05) is 39.5 Å². The number of hydrogen-bond donors (Lipinski definition) is 3. The summed E-state index contributed by atoms with van der Waals surface area (Å²) in [5, 5.41) is 8.69. The van der Waals surface area contributed by atoms with Crippen molar-refractivity contribution in [2.45, 2.75) is 76.4 Å². The topological polar surface area (TPSA) is 133 Å². The zero-order valence-corrected chi connectivity index (χ0v) is 36.4. The average Bonchev–Trinajstić information content (AvgIpc) is 3.22. The van der Waals surface area contributed by atoms with E-state index in [4.69, 9.17) is 23.7 Å². The first-order valence-corrected chi connectivity index (χ1v) is 20.5. The Morgan fingerprint density at radius 3 is 1.61 bits per heavy atom. The van der Waals surface area contributed by atoms with Crippen LogP contribution in [0.5, 0.6) is 0 Å². The minimum absolute atomic E-state index is 0.0816. The lowest BCUT2D eigenvalue weighted by atomic mass is 9.80. The molecule has 3 N–H and O–H groups in total. The second-order valence-electron chi connectivity index (χ2n) is 15.6. The molecule has 0 unspecified atom stereocenters. The summed E-state index contributed by atoms with van der Waals surface area (Å²) < 4.78 is 26.8. The van der Waals surface area contributed by atoms with Gasteiger partial charge in [-0.05, 0) is 60.6 Å². The molecule has 4 aromatic rings. The van der Waals surface area contributed by atoms with Crippen molar-refractivity contribution in [3.63, 3.8) is 0 Å². The third-order valence-electron chi connectivity index (χ3n) is 9.73. The van der Waals surface area contributed by atoms with Crippen LogP contribution in [0, 0.1) is 5.41 Å². The summed E-state index contributed by atoms with van der Waals surface area (Å²) in [6.45, 7) is 8.90. The normalized spacial score (nSPS) is 12.9. The Balaban J connectivity index is 1.77. The summed E-state index contributed by atoms with van der Waals surface area (Å²) in [6.07, 6.45) is 0.217. The Kier molecular flexibility index (Phi) is 17.3. The third kappa shape index (κ3) is 13.0. The summed E-state index contributed by atoms with van der Waals surface area (Å²) in [4.78, 5) is 42.4. The zero-order chi connectivity index (χ0) is 43.1. The van der Waals surface area contributed by atoms with E-state index in [0.29, 0.717) is 12.1 Å². The smallest absolute Gasteiger partial charge is 0.412 e. The minimum Gasteiger partial charge on any atom is -0.444 e. The molecule has 4 aromatic carbocycles. The molecule has 0 saturated heterocycles. The Labute approximate surface area is 353 Å². The van der Waals surface area contributed by atoms with Gasteiger partial charge in [-0.25, -0.2) is 4.79 Å². The van der Waals surface area contributed by atoms with Crippen LogP contribution in [-0.2, 0) is 44.4 Å². The lowest BCUT2D eigenvalue weighted by Gasteiger charge is -2.36. The van der Waals surface area contributed by atoms with Gasteiger partial charge in [0.05, 0.1) is 4.75 Å². The molecule has 0 aliphatic heterocycles. The molecular formula is C47H59N3O8S. The maximum absolute atomic E-state index is 14.6. The van der Waals surface area contributed by atoms with Gasteiger partial charge in [0.15, 0.2) is 12.6 Å². The van der Waals surface area contributed by atoms with Crippen LogP contribution in [0.3, 0.4) is 0 Å². The highest BCUT2D eigenvalue weighted by Gasteiger charge is 2.40. The number of hydrogen-bond acceptors (Lipinski definition) is 9. The Bertz CT molecular complexity index is 1860. The number of carbonyl (C=O) groups is 3. The second kappa shape index (κ2) is 21.9. The van der Waals surface area contributed by atoms with Gasteiger partial charge in [0.1, 0.15) is 17.3 Å². The SMILES string of the molecule is COC(Cc1ccccc1NC(=O)[C@@H](NC(=O)C(=CCSC(c1ccccc1)(c1ccccc1)c1ccccc1)NC(=O)OC(C)(C)C)C(C)(C)CC(OC)OC)OC. The molecule has 0 heterocycles. The predicted octanol–water partition coefficient (Wildman–Crippen LogP) is 8.44. The van der Waals surface area contributed by atoms with Crippen molar-refractivity contribution in [1.82, 2.24) is 10.6 Å². The number of para-hydroxylation sites is 1. The van der Waals surface area contributed by atoms with Gasteiger partial charge < -0.3 is 34.3 Å². The van der Waals surface area contributed by atoms with E-state index in [9.17, 15) is 14.4 Å².